The van der Waals surface area contributed by atoms with Gasteiger partial charge in [0.2, 0.25) is 0 Å². The molecule has 0 bridgehead atoms. The Morgan fingerprint density at radius 2 is 2.11 bits per heavy atom. The predicted octanol–water partition coefficient (Wildman–Crippen LogP) is 1.50. The molecule has 1 fully saturated rings. The number of hydrogen-bond acceptors (Lipinski definition) is 4. The summed E-state index contributed by atoms with van der Waals surface area (Å²) in [5, 5.41) is 3.56. The third-order valence-corrected chi connectivity index (χ3v) is 3.77. The highest BCUT2D eigenvalue weighted by Gasteiger charge is 2.16. The van der Waals surface area contributed by atoms with E-state index in [0.29, 0.717) is 6.04 Å². The number of ether oxygens (including phenoxy) is 2. The topological polar surface area (TPSA) is 33.7 Å². The standard InChI is InChI=1S/C14H30N2O2/c1-13(12-18-3)16(10-11-17-2)9-5-7-14-6-4-8-15-14/h13-15H,4-12H2,1-3H3. The maximum absolute atomic E-state index is 5.25. The van der Waals surface area contributed by atoms with Crippen LogP contribution in [0.2, 0.25) is 0 Å². The van der Waals surface area contributed by atoms with E-state index in [0.717, 1.165) is 32.3 Å². The Hall–Kier alpha value is -0.160. The Morgan fingerprint density at radius 3 is 2.72 bits per heavy atom. The van der Waals surface area contributed by atoms with Crippen LogP contribution in [0, 0.1) is 0 Å². The van der Waals surface area contributed by atoms with Crippen LogP contribution in [0.15, 0.2) is 0 Å². The SMILES string of the molecule is COCCN(CCCC1CCCN1)C(C)COC. The van der Waals surface area contributed by atoms with Gasteiger partial charge in [-0.25, -0.2) is 0 Å². The van der Waals surface area contributed by atoms with Crippen molar-refractivity contribution >= 4 is 0 Å². The maximum Gasteiger partial charge on any atom is 0.0615 e. The Kier molecular flexibility index (Phi) is 8.59. The summed E-state index contributed by atoms with van der Waals surface area (Å²) in [7, 11) is 3.54. The van der Waals surface area contributed by atoms with Gasteiger partial charge in [-0.1, -0.05) is 0 Å². The smallest absolute Gasteiger partial charge is 0.0615 e. The first kappa shape index (κ1) is 15.9. The highest BCUT2D eigenvalue weighted by atomic mass is 16.5. The number of hydrogen-bond donors (Lipinski definition) is 1. The van der Waals surface area contributed by atoms with E-state index in [1.807, 2.05) is 0 Å². The van der Waals surface area contributed by atoms with Crippen LogP contribution in [0.4, 0.5) is 0 Å². The molecular formula is C14H30N2O2. The first-order chi connectivity index (χ1) is 8.77. The molecule has 1 N–H and O–H groups in total. The van der Waals surface area contributed by atoms with Crippen molar-refractivity contribution in [1.29, 1.82) is 0 Å². The molecule has 0 aromatic carbocycles. The lowest BCUT2D eigenvalue weighted by molar-refractivity contribution is 0.0736. The molecule has 2 unspecified atom stereocenters. The average molecular weight is 258 g/mol. The van der Waals surface area contributed by atoms with Crippen molar-refractivity contribution in [2.24, 2.45) is 0 Å². The van der Waals surface area contributed by atoms with Gasteiger partial charge in [-0.2, -0.15) is 0 Å². The first-order valence-corrected chi connectivity index (χ1v) is 7.23. The molecule has 0 amide bonds. The lowest BCUT2D eigenvalue weighted by Crippen LogP contribution is -2.39. The molecule has 1 saturated heterocycles. The van der Waals surface area contributed by atoms with Crippen molar-refractivity contribution in [3.05, 3.63) is 0 Å². The highest BCUT2D eigenvalue weighted by molar-refractivity contribution is 4.75. The molecule has 0 radical (unpaired) electrons. The fraction of sp³-hybridized carbons (Fsp3) is 1.00. The summed E-state index contributed by atoms with van der Waals surface area (Å²) < 4.78 is 10.4. The van der Waals surface area contributed by atoms with Gasteiger partial charge in [0.1, 0.15) is 0 Å². The third-order valence-electron chi connectivity index (χ3n) is 3.77. The van der Waals surface area contributed by atoms with Crippen molar-refractivity contribution in [3.8, 4) is 0 Å². The molecule has 18 heavy (non-hydrogen) atoms. The van der Waals surface area contributed by atoms with E-state index in [2.05, 4.69) is 17.1 Å². The van der Waals surface area contributed by atoms with E-state index in [-0.39, 0.29) is 0 Å². The van der Waals surface area contributed by atoms with Gasteiger partial charge in [0.15, 0.2) is 0 Å². The maximum atomic E-state index is 5.25. The molecule has 0 aromatic rings. The molecule has 1 aliphatic rings. The quantitative estimate of drug-likeness (QED) is 0.644. The Morgan fingerprint density at radius 1 is 1.28 bits per heavy atom. The molecule has 1 heterocycles. The van der Waals surface area contributed by atoms with Crippen molar-refractivity contribution in [2.75, 3.05) is 47.1 Å². The van der Waals surface area contributed by atoms with Crippen LogP contribution in [0.5, 0.6) is 0 Å². The minimum Gasteiger partial charge on any atom is -0.383 e. The molecule has 1 aliphatic heterocycles. The van der Waals surface area contributed by atoms with Crippen molar-refractivity contribution in [3.63, 3.8) is 0 Å². The summed E-state index contributed by atoms with van der Waals surface area (Å²) in [6.45, 7) is 7.18. The van der Waals surface area contributed by atoms with Crippen LogP contribution in [0.1, 0.15) is 32.6 Å². The number of methoxy groups -OCH3 is 2. The molecule has 0 saturated carbocycles. The molecule has 2 atom stereocenters. The van der Waals surface area contributed by atoms with Crippen LogP contribution in [-0.4, -0.2) is 64.1 Å². The third kappa shape index (κ3) is 6.14. The van der Waals surface area contributed by atoms with Gasteiger partial charge >= 0.3 is 0 Å². The molecule has 4 nitrogen and oxygen atoms in total. The van der Waals surface area contributed by atoms with E-state index in [1.54, 1.807) is 14.2 Å². The fourth-order valence-electron chi connectivity index (χ4n) is 2.65. The lowest BCUT2D eigenvalue weighted by atomic mass is 10.1. The fourth-order valence-corrected chi connectivity index (χ4v) is 2.65. The van der Waals surface area contributed by atoms with Crippen LogP contribution < -0.4 is 5.32 Å². The molecule has 4 heteroatoms. The summed E-state index contributed by atoms with van der Waals surface area (Å²) in [5.41, 5.74) is 0. The van der Waals surface area contributed by atoms with Crippen LogP contribution in [0.25, 0.3) is 0 Å². The van der Waals surface area contributed by atoms with E-state index in [4.69, 9.17) is 9.47 Å². The van der Waals surface area contributed by atoms with Crippen molar-refractivity contribution < 1.29 is 9.47 Å². The second-order valence-corrected chi connectivity index (χ2v) is 5.27. The van der Waals surface area contributed by atoms with Crippen LogP contribution >= 0.6 is 0 Å². The van der Waals surface area contributed by atoms with Crippen LogP contribution in [0.3, 0.4) is 0 Å². The molecule has 0 spiro atoms. The zero-order chi connectivity index (χ0) is 13.2. The molecule has 0 aliphatic carbocycles. The van der Waals surface area contributed by atoms with E-state index < -0.39 is 0 Å². The zero-order valence-electron chi connectivity index (χ0n) is 12.3. The number of nitrogens with one attached hydrogen (secondary N) is 1. The van der Waals surface area contributed by atoms with E-state index in [9.17, 15) is 0 Å². The second kappa shape index (κ2) is 9.73. The Balaban J connectivity index is 2.20. The van der Waals surface area contributed by atoms with Gasteiger partial charge < -0.3 is 14.8 Å². The first-order valence-electron chi connectivity index (χ1n) is 7.23. The Labute approximate surface area is 112 Å². The van der Waals surface area contributed by atoms with Gasteiger partial charge in [-0.15, -0.1) is 0 Å². The van der Waals surface area contributed by atoms with Gasteiger partial charge in [0.25, 0.3) is 0 Å². The van der Waals surface area contributed by atoms with Gasteiger partial charge in [0.05, 0.1) is 13.2 Å². The summed E-state index contributed by atoms with van der Waals surface area (Å²) in [6.07, 6.45) is 5.25. The molecular weight excluding hydrogens is 228 g/mol. The summed E-state index contributed by atoms with van der Waals surface area (Å²) in [4.78, 5) is 2.47. The average Bonchev–Trinajstić information content (AvgIpc) is 2.86. The summed E-state index contributed by atoms with van der Waals surface area (Å²) >= 11 is 0. The van der Waals surface area contributed by atoms with Gasteiger partial charge in [-0.05, 0) is 45.7 Å². The minimum absolute atomic E-state index is 0.474. The van der Waals surface area contributed by atoms with E-state index >= 15 is 0 Å². The number of nitrogens with zero attached hydrogens (tertiary/aromatic N) is 1. The number of rotatable bonds is 10. The van der Waals surface area contributed by atoms with E-state index in [1.165, 1.54) is 32.2 Å². The summed E-state index contributed by atoms with van der Waals surface area (Å²) in [6, 6.07) is 1.23. The van der Waals surface area contributed by atoms with Gasteiger partial charge in [-0.3, -0.25) is 4.90 Å². The highest BCUT2D eigenvalue weighted by Crippen LogP contribution is 2.12. The molecule has 0 aromatic heterocycles. The molecule has 1 rings (SSSR count). The molecule has 108 valence electrons. The van der Waals surface area contributed by atoms with Crippen molar-refractivity contribution in [1.82, 2.24) is 10.2 Å². The zero-order valence-corrected chi connectivity index (χ0v) is 12.3. The van der Waals surface area contributed by atoms with Crippen molar-refractivity contribution in [2.45, 2.75) is 44.7 Å². The Bertz CT molecular complexity index is 196. The minimum atomic E-state index is 0.474. The van der Waals surface area contributed by atoms with Crippen LogP contribution in [-0.2, 0) is 9.47 Å². The predicted molar refractivity (Wildman–Crippen MR) is 75.0 cm³/mol. The monoisotopic (exact) mass is 258 g/mol. The largest absolute Gasteiger partial charge is 0.383 e. The second-order valence-electron chi connectivity index (χ2n) is 5.27. The summed E-state index contributed by atoms with van der Waals surface area (Å²) in [5.74, 6) is 0. The normalized spacial score (nSPS) is 21.7. The lowest BCUT2D eigenvalue weighted by Gasteiger charge is -2.28. The van der Waals surface area contributed by atoms with Gasteiger partial charge in [0, 0.05) is 32.8 Å².